The van der Waals surface area contributed by atoms with Crippen molar-refractivity contribution in [3.05, 3.63) is 64.2 Å². The monoisotopic (exact) mass is 411 g/mol. The maximum Gasteiger partial charge on any atom is 0.272 e. The zero-order valence-corrected chi connectivity index (χ0v) is 19.3. The topological polar surface area (TPSA) is 61.9 Å². The van der Waals surface area contributed by atoms with Crippen LogP contribution in [0.3, 0.4) is 0 Å². The minimum atomic E-state index is -0.620. The lowest BCUT2D eigenvalue weighted by molar-refractivity contribution is 0.0358. The van der Waals surface area contributed by atoms with Gasteiger partial charge in [0.1, 0.15) is 5.75 Å². The van der Waals surface area contributed by atoms with Crippen LogP contribution in [0.2, 0.25) is 0 Å². The van der Waals surface area contributed by atoms with Crippen molar-refractivity contribution in [2.45, 2.75) is 46.7 Å². The molecule has 30 heavy (non-hydrogen) atoms. The highest BCUT2D eigenvalue weighted by atomic mass is 16.5. The Bertz CT molecular complexity index is 910. The summed E-state index contributed by atoms with van der Waals surface area (Å²) in [6.45, 7) is 10.1. The van der Waals surface area contributed by atoms with Gasteiger partial charge in [0.05, 0.1) is 12.6 Å². The molecule has 0 bridgehead atoms. The molecule has 0 aliphatic rings. The summed E-state index contributed by atoms with van der Waals surface area (Å²) in [6, 6.07) is 11.0. The van der Waals surface area contributed by atoms with Gasteiger partial charge in [-0.15, -0.1) is 0 Å². The van der Waals surface area contributed by atoms with E-state index in [0.717, 1.165) is 16.7 Å². The fourth-order valence-electron chi connectivity index (χ4n) is 3.36. The standard InChI is InChI=1S/C24H33N3O3/c1-16-12-17(2)14-18(13-16)23(29)27(24(3,4)5)25-22(28)19-10-9-11-21(30-8)20(19)15-26(6)7/h9-14H,15H2,1-8H3,(H,25,28). The fourth-order valence-corrected chi connectivity index (χ4v) is 3.36. The van der Waals surface area contributed by atoms with Gasteiger partial charge in [-0.05, 0) is 73.0 Å². The molecule has 6 nitrogen and oxygen atoms in total. The number of aryl methyl sites for hydroxylation is 2. The van der Waals surface area contributed by atoms with Crippen molar-refractivity contribution in [1.29, 1.82) is 0 Å². The number of amides is 2. The van der Waals surface area contributed by atoms with E-state index in [1.807, 2.05) is 77.9 Å². The molecule has 0 saturated carbocycles. The van der Waals surface area contributed by atoms with Crippen LogP contribution in [0.1, 0.15) is 58.2 Å². The Labute approximate surface area is 179 Å². The third-order valence-corrected chi connectivity index (χ3v) is 4.63. The molecular weight excluding hydrogens is 378 g/mol. The van der Waals surface area contributed by atoms with Gasteiger partial charge in [0, 0.05) is 23.2 Å². The molecule has 0 aliphatic carbocycles. The van der Waals surface area contributed by atoms with E-state index < -0.39 is 5.54 Å². The minimum Gasteiger partial charge on any atom is -0.496 e. The number of carbonyl (C=O) groups excluding carboxylic acids is 2. The predicted molar refractivity (Wildman–Crippen MR) is 120 cm³/mol. The molecule has 0 unspecified atom stereocenters. The second-order valence-corrected chi connectivity index (χ2v) is 8.85. The second kappa shape index (κ2) is 9.30. The number of rotatable bonds is 5. The molecule has 162 valence electrons. The lowest BCUT2D eigenvalue weighted by Gasteiger charge is -2.36. The van der Waals surface area contributed by atoms with Crippen LogP contribution in [0.4, 0.5) is 0 Å². The van der Waals surface area contributed by atoms with Gasteiger partial charge in [-0.1, -0.05) is 23.3 Å². The van der Waals surface area contributed by atoms with Gasteiger partial charge in [-0.3, -0.25) is 15.0 Å². The Kier molecular flexibility index (Phi) is 7.26. The number of ether oxygens (including phenoxy) is 1. The number of nitrogens with zero attached hydrogens (tertiary/aromatic N) is 2. The number of benzene rings is 2. The smallest absolute Gasteiger partial charge is 0.272 e. The van der Waals surface area contributed by atoms with Gasteiger partial charge in [-0.25, -0.2) is 5.01 Å². The van der Waals surface area contributed by atoms with Gasteiger partial charge in [0.25, 0.3) is 11.8 Å². The number of methoxy groups -OCH3 is 1. The van der Waals surface area contributed by atoms with Gasteiger partial charge >= 0.3 is 0 Å². The number of nitrogens with one attached hydrogen (secondary N) is 1. The number of carbonyl (C=O) groups is 2. The van der Waals surface area contributed by atoms with Crippen LogP contribution in [-0.2, 0) is 6.54 Å². The summed E-state index contributed by atoms with van der Waals surface area (Å²) in [5.41, 5.74) is 6.02. The van der Waals surface area contributed by atoms with E-state index in [2.05, 4.69) is 5.43 Å². The molecule has 0 aromatic heterocycles. The van der Waals surface area contributed by atoms with Gasteiger partial charge in [0.15, 0.2) is 0 Å². The van der Waals surface area contributed by atoms with Crippen molar-refractivity contribution in [2.75, 3.05) is 21.2 Å². The maximum atomic E-state index is 13.3. The summed E-state index contributed by atoms with van der Waals surface area (Å²) in [5, 5.41) is 1.41. The molecule has 2 rings (SSSR count). The summed E-state index contributed by atoms with van der Waals surface area (Å²) < 4.78 is 5.47. The molecule has 0 atom stereocenters. The van der Waals surface area contributed by atoms with Gasteiger partial charge < -0.3 is 9.64 Å². The molecule has 0 radical (unpaired) electrons. The lowest BCUT2D eigenvalue weighted by Crippen LogP contribution is -2.56. The second-order valence-electron chi connectivity index (χ2n) is 8.85. The van der Waals surface area contributed by atoms with Crippen LogP contribution in [0.15, 0.2) is 36.4 Å². The van der Waals surface area contributed by atoms with Crippen molar-refractivity contribution in [1.82, 2.24) is 15.3 Å². The highest BCUT2D eigenvalue weighted by Crippen LogP contribution is 2.24. The molecule has 0 heterocycles. The first kappa shape index (κ1) is 23.4. The van der Waals surface area contributed by atoms with Crippen LogP contribution < -0.4 is 10.2 Å². The summed E-state index contributed by atoms with van der Waals surface area (Å²) in [5.74, 6) is 0.0393. The Morgan fingerprint density at radius 2 is 1.63 bits per heavy atom. The Morgan fingerprint density at radius 1 is 1.03 bits per heavy atom. The first-order chi connectivity index (χ1) is 13.9. The van der Waals surface area contributed by atoms with Crippen molar-refractivity contribution in [3.8, 4) is 5.75 Å². The van der Waals surface area contributed by atoms with Crippen LogP contribution in [0, 0.1) is 13.8 Å². The molecule has 2 aromatic carbocycles. The van der Waals surface area contributed by atoms with E-state index in [-0.39, 0.29) is 11.8 Å². The third kappa shape index (κ3) is 5.60. The minimum absolute atomic E-state index is 0.250. The van der Waals surface area contributed by atoms with E-state index in [4.69, 9.17) is 4.74 Å². The van der Waals surface area contributed by atoms with Crippen molar-refractivity contribution >= 4 is 11.8 Å². The van der Waals surface area contributed by atoms with Crippen molar-refractivity contribution in [2.24, 2.45) is 0 Å². The first-order valence-corrected chi connectivity index (χ1v) is 9.98. The lowest BCUT2D eigenvalue weighted by atomic mass is 10.0. The normalized spacial score (nSPS) is 11.4. The quantitative estimate of drug-likeness (QED) is 0.757. The van der Waals surface area contributed by atoms with Crippen LogP contribution in [-0.4, -0.2) is 48.5 Å². The Morgan fingerprint density at radius 3 is 2.13 bits per heavy atom. The fraction of sp³-hybridized carbons (Fsp3) is 0.417. The van der Waals surface area contributed by atoms with Gasteiger partial charge in [-0.2, -0.15) is 0 Å². The molecule has 0 fully saturated rings. The molecule has 2 aromatic rings. The number of hydrogen-bond acceptors (Lipinski definition) is 4. The summed E-state index contributed by atoms with van der Waals surface area (Å²) in [4.78, 5) is 28.6. The molecule has 1 N–H and O–H groups in total. The van der Waals surface area contributed by atoms with Crippen LogP contribution in [0.25, 0.3) is 0 Å². The molecule has 0 aliphatic heterocycles. The van der Waals surface area contributed by atoms with Crippen LogP contribution in [0.5, 0.6) is 5.75 Å². The molecule has 0 saturated heterocycles. The average Bonchev–Trinajstić information content (AvgIpc) is 2.63. The third-order valence-electron chi connectivity index (χ3n) is 4.63. The molecular formula is C24H33N3O3. The maximum absolute atomic E-state index is 13.3. The van der Waals surface area contributed by atoms with Crippen molar-refractivity contribution in [3.63, 3.8) is 0 Å². The predicted octanol–water partition coefficient (Wildman–Crippen LogP) is 3.96. The zero-order chi connectivity index (χ0) is 22.6. The highest BCUT2D eigenvalue weighted by Gasteiger charge is 2.30. The Hall–Kier alpha value is -2.86. The van der Waals surface area contributed by atoms with E-state index >= 15 is 0 Å². The molecule has 6 heteroatoms. The molecule has 0 spiro atoms. The SMILES string of the molecule is COc1cccc(C(=O)NN(C(=O)c2cc(C)cc(C)c2)C(C)(C)C)c1CN(C)C. The first-order valence-electron chi connectivity index (χ1n) is 9.98. The summed E-state index contributed by atoms with van der Waals surface area (Å²) >= 11 is 0. The average molecular weight is 412 g/mol. The largest absolute Gasteiger partial charge is 0.496 e. The highest BCUT2D eigenvalue weighted by molar-refractivity contribution is 6.00. The summed E-state index contributed by atoms with van der Waals surface area (Å²) in [7, 11) is 5.44. The van der Waals surface area contributed by atoms with E-state index in [1.165, 1.54) is 5.01 Å². The number of hydrazine groups is 1. The molecule has 2 amide bonds. The van der Waals surface area contributed by atoms with Crippen molar-refractivity contribution < 1.29 is 14.3 Å². The Balaban J connectivity index is 2.43. The van der Waals surface area contributed by atoms with E-state index in [1.54, 1.807) is 19.2 Å². The van der Waals surface area contributed by atoms with E-state index in [9.17, 15) is 9.59 Å². The number of hydrogen-bond donors (Lipinski definition) is 1. The van der Waals surface area contributed by atoms with Gasteiger partial charge in [0.2, 0.25) is 0 Å². The zero-order valence-electron chi connectivity index (χ0n) is 19.3. The summed E-state index contributed by atoms with van der Waals surface area (Å²) in [6.07, 6.45) is 0. The van der Waals surface area contributed by atoms with Crippen LogP contribution >= 0.6 is 0 Å². The van der Waals surface area contributed by atoms with E-state index in [0.29, 0.717) is 23.4 Å².